The molecule has 2 aliphatic carbocycles. The Morgan fingerprint density at radius 3 is 1.50 bits per heavy atom. The van der Waals surface area contributed by atoms with Crippen molar-refractivity contribution in [2.24, 2.45) is 11.8 Å². The molecule has 0 amide bonds. The van der Waals surface area contributed by atoms with Crippen LogP contribution in [0.4, 0.5) is 0 Å². The van der Waals surface area contributed by atoms with Crippen molar-refractivity contribution >= 4 is 0 Å². The Balaban J connectivity index is 1.79. The van der Waals surface area contributed by atoms with Gasteiger partial charge in [-0.05, 0) is 50.4 Å². The quantitative estimate of drug-likeness (QED) is 0.590. The monoisotopic (exact) mass is 140 g/mol. The molecule has 0 atom stereocenters. The number of hydrogen-bond acceptors (Lipinski definition) is 1. The fourth-order valence-electron chi connectivity index (χ4n) is 2.14. The fourth-order valence-corrected chi connectivity index (χ4v) is 2.14. The third-order valence-corrected chi connectivity index (χ3v) is 3.03. The molecule has 2 aliphatic rings. The van der Waals surface area contributed by atoms with Crippen LogP contribution in [0.25, 0.3) is 0 Å². The summed E-state index contributed by atoms with van der Waals surface area (Å²) in [6.45, 7) is 0. The van der Waals surface area contributed by atoms with Gasteiger partial charge in [0.2, 0.25) is 0 Å². The first-order valence-electron chi connectivity index (χ1n) is 4.54. The maximum Gasteiger partial charge on any atom is 0.0540 e. The molecule has 0 saturated heterocycles. The second kappa shape index (κ2) is 2.54. The summed E-state index contributed by atoms with van der Waals surface area (Å²) in [6.07, 6.45) is 7.72. The average Bonchev–Trinajstić information content (AvgIpc) is 2.71. The zero-order valence-electron chi connectivity index (χ0n) is 6.42. The molecule has 0 spiro atoms. The molecule has 0 heterocycles. The second-order valence-electron chi connectivity index (χ2n) is 3.91. The van der Waals surface area contributed by atoms with E-state index in [1.54, 1.807) is 0 Å². The molecule has 0 unspecified atom stereocenters. The van der Waals surface area contributed by atoms with Gasteiger partial charge in [-0.15, -0.1) is 0 Å². The molecule has 58 valence electrons. The first kappa shape index (κ1) is 6.66. The molecule has 2 saturated carbocycles. The fraction of sp³-hybridized carbons (Fsp3) is 1.00. The zero-order valence-corrected chi connectivity index (χ0v) is 6.42. The lowest BCUT2D eigenvalue weighted by Gasteiger charge is -2.24. The van der Waals surface area contributed by atoms with Gasteiger partial charge in [0.15, 0.2) is 0 Å². The summed E-state index contributed by atoms with van der Waals surface area (Å²) < 4.78 is 0. The largest absolute Gasteiger partial charge is 0.393 e. The van der Waals surface area contributed by atoms with Crippen molar-refractivity contribution in [3.8, 4) is 0 Å². The molecule has 0 aromatic rings. The minimum absolute atomic E-state index is 0.0370. The molecule has 0 radical (unpaired) electrons. The van der Waals surface area contributed by atoms with Crippen molar-refractivity contribution in [2.45, 2.75) is 44.6 Å². The van der Waals surface area contributed by atoms with Crippen LogP contribution in [0.15, 0.2) is 0 Å². The van der Waals surface area contributed by atoms with Gasteiger partial charge in [0.25, 0.3) is 0 Å². The van der Waals surface area contributed by atoms with Crippen molar-refractivity contribution < 1.29 is 5.11 Å². The van der Waals surface area contributed by atoms with Gasteiger partial charge in [0.1, 0.15) is 0 Å². The van der Waals surface area contributed by atoms with Gasteiger partial charge in [0.05, 0.1) is 6.10 Å². The van der Waals surface area contributed by atoms with E-state index in [1.807, 2.05) is 0 Å². The maximum atomic E-state index is 9.23. The summed E-state index contributed by atoms with van der Waals surface area (Å²) in [7, 11) is 0. The number of aliphatic hydroxyl groups is 1. The van der Waals surface area contributed by atoms with Crippen LogP contribution in [0.2, 0.25) is 0 Å². The van der Waals surface area contributed by atoms with Crippen LogP contribution in [0.1, 0.15) is 38.5 Å². The Morgan fingerprint density at radius 1 is 0.700 bits per heavy atom. The Hall–Kier alpha value is -0.0400. The summed E-state index contributed by atoms with van der Waals surface area (Å²) in [5.74, 6) is 2.05. The molecule has 0 bridgehead atoms. The summed E-state index contributed by atoms with van der Waals surface area (Å²) in [4.78, 5) is 0. The highest BCUT2D eigenvalue weighted by Crippen LogP contribution is 2.43. The topological polar surface area (TPSA) is 20.2 Å². The van der Waals surface area contributed by atoms with Gasteiger partial charge < -0.3 is 5.11 Å². The maximum absolute atomic E-state index is 9.23. The van der Waals surface area contributed by atoms with Crippen LogP contribution in [0.3, 0.4) is 0 Å². The van der Waals surface area contributed by atoms with Crippen molar-refractivity contribution in [1.29, 1.82) is 0 Å². The van der Waals surface area contributed by atoms with E-state index in [1.165, 1.54) is 25.7 Å². The highest BCUT2D eigenvalue weighted by atomic mass is 16.3. The third-order valence-electron chi connectivity index (χ3n) is 3.03. The van der Waals surface area contributed by atoms with Crippen molar-refractivity contribution in [1.82, 2.24) is 0 Å². The lowest BCUT2D eigenvalue weighted by molar-refractivity contribution is 0.103. The molecule has 0 aromatic carbocycles. The van der Waals surface area contributed by atoms with Gasteiger partial charge >= 0.3 is 0 Å². The number of hydrogen-bond donors (Lipinski definition) is 1. The molecule has 10 heavy (non-hydrogen) atoms. The normalized spacial score (nSPS) is 41.7. The number of aliphatic hydroxyl groups excluding tert-OH is 1. The predicted octanol–water partition coefficient (Wildman–Crippen LogP) is 1.95. The molecular weight excluding hydrogens is 124 g/mol. The molecule has 1 N–H and O–H groups in total. The SMILES string of the molecule is OC1CCC(C2CC2)CC1. The molecule has 0 aromatic heterocycles. The van der Waals surface area contributed by atoms with Crippen molar-refractivity contribution in [3.63, 3.8) is 0 Å². The lowest BCUT2D eigenvalue weighted by atomic mass is 9.84. The van der Waals surface area contributed by atoms with E-state index in [0.29, 0.717) is 0 Å². The number of rotatable bonds is 1. The summed E-state index contributed by atoms with van der Waals surface area (Å²) >= 11 is 0. The minimum atomic E-state index is 0.0370. The van der Waals surface area contributed by atoms with E-state index in [-0.39, 0.29) is 6.10 Å². The minimum Gasteiger partial charge on any atom is -0.393 e. The zero-order chi connectivity index (χ0) is 6.97. The molecule has 2 fully saturated rings. The molecule has 1 nitrogen and oxygen atoms in total. The van der Waals surface area contributed by atoms with Crippen LogP contribution in [0, 0.1) is 11.8 Å². The Labute approximate surface area is 62.4 Å². The smallest absolute Gasteiger partial charge is 0.0540 e. The second-order valence-corrected chi connectivity index (χ2v) is 3.91. The molecular formula is C9H16O. The molecule has 1 heteroatoms. The third kappa shape index (κ3) is 1.34. The van der Waals surface area contributed by atoms with E-state index < -0.39 is 0 Å². The Morgan fingerprint density at radius 2 is 1.10 bits per heavy atom. The van der Waals surface area contributed by atoms with E-state index in [2.05, 4.69) is 0 Å². The van der Waals surface area contributed by atoms with Crippen molar-refractivity contribution in [3.05, 3.63) is 0 Å². The summed E-state index contributed by atoms with van der Waals surface area (Å²) in [5, 5.41) is 9.23. The van der Waals surface area contributed by atoms with Crippen LogP contribution in [-0.2, 0) is 0 Å². The first-order chi connectivity index (χ1) is 4.86. The van der Waals surface area contributed by atoms with Crippen LogP contribution in [0.5, 0.6) is 0 Å². The van der Waals surface area contributed by atoms with Crippen molar-refractivity contribution in [2.75, 3.05) is 0 Å². The predicted molar refractivity (Wildman–Crippen MR) is 40.7 cm³/mol. The van der Waals surface area contributed by atoms with Crippen LogP contribution in [-0.4, -0.2) is 11.2 Å². The molecule has 0 aliphatic heterocycles. The van der Waals surface area contributed by atoms with Gasteiger partial charge in [-0.25, -0.2) is 0 Å². The van der Waals surface area contributed by atoms with E-state index >= 15 is 0 Å². The van der Waals surface area contributed by atoms with E-state index in [9.17, 15) is 5.11 Å². The highest BCUT2D eigenvalue weighted by Gasteiger charge is 2.33. The summed E-state index contributed by atoms with van der Waals surface area (Å²) in [6, 6.07) is 0. The molecule has 2 rings (SSSR count). The van der Waals surface area contributed by atoms with Gasteiger partial charge in [-0.2, -0.15) is 0 Å². The Bertz CT molecular complexity index is 110. The Kier molecular flexibility index (Phi) is 1.69. The van der Waals surface area contributed by atoms with Crippen LogP contribution < -0.4 is 0 Å². The standard InChI is InChI=1S/C9H16O/c10-9-5-3-8(4-6-9)7-1-2-7/h7-10H,1-6H2. The average molecular weight is 140 g/mol. The lowest BCUT2D eigenvalue weighted by Crippen LogP contribution is -2.19. The summed E-state index contributed by atoms with van der Waals surface area (Å²) in [5.41, 5.74) is 0. The first-order valence-corrected chi connectivity index (χ1v) is 4.54. The van der Waals surface area contributed by atoms with E-state index in [4.69, 9.17) is 0 Å². The van der Waals surface area contributed by atoms with Gasteiger partial charge in [-0.1, -0.05) is 0 Å². The van der Waals surface area contributed by atoms with Gasteiger partial charge in [-0.3, -0.25) is 0 Å². The highest BCUT2D eigenvalue weighted by molar-refractivity contribution is 4.84. The van der Waals surface area contributed by atoms with Crippen LogP contribution >= 0.6 is 0 Å². The van der Waals surface area contributed by atoms with Gasteiger partial charge in [0, 0.05) is 0 Å². The van der Waals surface area contributed by atoms with E-state index in [0.717, 1.165) is 24.7 Å².